The Balaban J connectivity index is 1.40. The summed E-state index contributed by atoms with van der Waals surface area (Å²) in [5.41, 5.74) is 1.20. The predicted molar refractivity (Wildman–Crippen MR) is 116 cm³/mol. The van der Waals surface area contributed by atoms with Crippen LogP contribution in [0.4, 0.5) is 5.69 Å². The van der Waals surface area contributed by atoms with Gasteiger partial charge in [0.1, 0.15) is 29.5 Å². The smallest absolute Gasteiger partial charge is 0.255 e. The zero-order valence-corrected chi connectivity index (χ0v) is 17.1. The van der Waals surface area contributed by atoms with E-state index in [1.165, 1.54) is 6.33 Å². The van der Waals surface area contributed by atoms with E-state index in [1.807, 2.05) is 24.6 Å². The Labute approximate surface area is 179 Å². The summed E-state index contributed by atoms with van der Waals surface area (Å²) in [6.45, 7) is 4.39. The lowest BCUT2D eigenvalue weighted by Gasteiger charge is -2.09. The molecule has 0 bridgehead atoms. The van der Waals surface area contributed by atoms with Crippen molar-refractivity contribution in [2.75, 3.05) is 11.9 Å². The zero-order valence-electron chi connectivity index (χ0n) is 17.1. The summed E-state index contributed by atoms with van der Waals surface area (Å²) in [5.74, 6) is 3.01. The Hall–Kier alpha value is -4.20. The van der Waals surface area contributed by atoms with Crippen molar-refractivity contribution >= 4 is 11.6 Å². The van der Waals surface area contributed by atoms with Gasteiger partial charge >= 0.3 is 0 Å². The normalized spacial score (nSPS) is 10.5. The van der Waals surface area contributed by atoms with Gasteiger partial charge in [0.25, 0.3) is 5.91 Å². The lowest BCUT2D eigenvalue weighted by atomic mass is 10.2. The van der Waals surface area contributed by atoms with Crippen LogP contribution in [0.2, 0.25) is 0 Å². The van der Waals surface area contributed by atoms with Crippen LogP contribution in [0.25, 0.3) is 5.82 Å². The minimum atomic E-state index is -0.201. The Bertz CT molecular complexity index is 1170. The summed E-state index contributed by atoms with van der Waals surface area (Å²) in [5, 5.41) is 2.86. The number of carbonyl (C=O) groups is 1. The monoisotopic (exact) mass is 415 g/mol. The van der Waals surface area contributed by atoms with Crippen LogP contribution in [0.3, 0.4) is 0 Å². The van der Waals surface area contributed by atoms with Gasteiger partial charge in [-0.15, -0.1) is 0 Å². The van der Waals surface area contributed by atoms with Crippen LogP contribution in [0.15, 0.2) is 73.3 Å². The number of nitrogens with zero attached hydrogens (tertiary/aromatic N) is 4. The van der Waals surface area contributed by atoms with Crippen molar-refractivity contribution in [1.29, 1.82) is 0 Å². The van der Waals surface area contributed by atoms with Gasteiger partial charge < -0.3 is 14.8 Å². The van der Waals surface area contributed by atoms with E-state index >= 15 is 0 Å². The number of ether oxygens (including phenoxy) is 2. The maximum absolute atomic E-state index is 12.4. The maximum Gasteiger partial charge on any atom is 0.255 e. The maximum atomic E-state index is 12.4. The summed E-state index contributed by atoms with van der Waals surface area (Å²) in [6, 6.07) is 15.8. The van der Waals surface area contributed by atoms with Crippen molar-refractivity contribution in [2.45, 2.75) is 13.8 Å². The molecular weight excluding hydrogens is 394 g/mol. The van der Waals surface area contributed by atoms with Crippen LogP contribution in [-0.4, -0.2) is 32.0 Å². The second-order valence-electron chi connectivity index (χ2n) is 6.60. The third-order valence-corrected chi connectivity index (χ3v) is 4.46. The number of aryl methyl sites for hydroxylation is 1. The van der Waals surface area contributed by atoms with Gasteiger partial charge in [-0.25, -0.2) is 15.0 Å². The van der Waals surface area contributed by atoms with E-state index in [0.29, 0.717) is 35.3 Å². The molecule has 0 spiro atoms. The van der Waals surface area contributed by atoms with Crippen LogP contribution in [0.1, 0.15) is 23.1 Å². The van der Waals surface area contributed by atoms with E-state index < -0.39 is 0 Å². The molecule has 31 heavy (non-hydrogen) atoms. The molecule has 0 unspecified atom stereocenters. The standard InChI is InChI=1S/C23H21N5O3/c1-3-30-19-8-4-17(5-9-19)23(29)27-18-6-10-20(11-7-18)31-22-14-21(25-15-26-22)28-13-12-24-16(28)2/h4-15H,3H2,1-2H3,(H,27,29). The summed E-state index contributed by atoms with van der Waals surface area (Å²) < 4.78 is 13.1. The van der Waals surface area contributed by atoms with Crippen LogP contribution in [-0.2, 0) is 0 Å². The van der Waals surface area contributed by atoms with Crippen LogP contribution in [0.5, 0.6) is 17.4 Å². The number of rotatable bonds is 7. The van der Waals surface area contributed by atoms with E-state index in [-0.39, 0.29) is 5.91 Å². The lowest BCUT2D eigenvalue weighted by molar-refractivity contribution is 0.102. The highest BCUT2D eigenvalue weighted by atomic mass is 16.5. The molecule has 4 rings (SSSR count). The minimum Gasteiger partial charge on any atom is -0.494 e. The van der Waals surface area contributed by atoms with Crippen molar-refractivity contribution in [2.24, 2.45) is 0 Å². The number of carbonyl (C=O) groups excluding carboxylic acids is 1. The first-order chi connectivity index (χ1) is 15.1. The average Bonchev–Trinajstić information content (AvgIpc) is 3.22. The molecule has 0 fully saturated rings. The molecule has 0 radical (unpaired) electrons. The van der Waals surface area contributed by atoms with Gasteiger partial charge in [-0.3, -0.25) is 9.36 Å². The zero-order chi connectivity index (χ0) is 21.6. The van der Waals surface area contributed by atoms with E-state index in [0.717, 1.165) is 11.6 Å². The number of hydrogen-bond donors (Lipinski definition) is 1. The fraction of sp³-hybridized carbons (Fsp3) is 0.130. The molecule has 0 saturated carbocycles. The van der Waals surface area contributed by atoms with Crippen molar-refractivity contribution in [3.05, 3.63) is 84.7 Å². The number of anilines is 1. The third kappa shape index (κ3) is 4.87. The minimum absolute atomic E-state index is 0.201. The Kier molecular flexibility index (Phi) is 5.89. The fourth-order valence-corrected chi connectivity index (χ4v) is 2.94. The molecule has 0 aliphatic rings. The number of amides is 1. The number of aromatic nitrogens is 4. The molecule has 1 amide bonds. The SMILES string of the molecule is CCOc1ccc(C(=O)Nc2ccc(Oc3cc(-n4ccnc4C)ncn3)cc2)cc1. The summed E-state index contributed by atoms with van der Waals surface area (Å²) in [6.07, 6.45) is 4.97. The fourth-order valence-electron chi connectivity index (χ4n) is 2.94. The number of hydrogen-bond acceptors (Lipinski definition) is 6. The lowest BCUT2D eigenvalue weighted by Crippen LogP contribution is -2.11. The molecule has 156 valence electrons. The number of benzene rings is 2. The molecule has 2 aromatic carbocycles. The highest BCUT2D eigenvalue weighted by Gasteiger charge is 2.08. The first-order valence-electron chi connectivity index (χ1n) is 9.77. The highest BCUT2D eigenvalue weighted by molar-refractivity contribution is 6.04. The van der Waals surface area contributed by atoms with Gasteiger partial charge in [-0.2, -0.15) is 0 Å². The Morgan fingerprint density at radius 1 is 1.00 bits per heavy atom. The molecule has 2 heterocycles. The van der Waals surface area contributed by atoms with E-state index in [1.54, 1.807) is 60.8 Å². The van der Waals surface area contributed by atoms with Gasteiger partial charge in [0.15, 0.2) is 0 Å². The van der Waals surface area contributed by atoms with Crippen molar-refractivity contribution in [1.82, 2.24) is 19.5 Å². The molecule has 4 aromatic rings. The van der Waals surface area contributed by atoms with Gasteiger partial charge in [0.2, 0.25) is 5.88 Å². The van der Waals surface area contributed by atoms with E-state index in [2.05, 4.69) is 20.3 Å². The Morgan fingerprint density at radius 3 is 2.42 bits per heavy atom. The molecule has 8 nitrogen and oxygen atoms in total. The van der Waals surface area contributed by atoms with Gasteiger partial charge in [0, 0.05) is 29.7 Å². The van der Waals surface area contributed by atoms with Crippen molar-refractivity contribution < 1.29 is 14.3 Å². The molecule has 1 N–H and O–H groups in total. The topological polar surface area (TPSA) is 91.2 Å². The third-order valence-electron chi connectivity index (χ3n) is 4.46. The average molecular weight is 415 g/mol. The highest BCUT2D eigenvalue weighted by Crippen LogP contribution is 2.23. The molecule has 8 heteroatoms. The molecule has 0 aliphatic heterocycles. The molecular formula is C23H21N5O3. The van der Waals surface area contributed by atoms with Gasteiger partial charge in [-0.05, 0) is 62.4 Å². The largest absolute Gasteiger partial charge is 0.494 e. The first kappa shape index (κ1) is 20.1. The van der Waals surface area contributed by atoms with Gasteiger partial charge in [0.05, 0.1) is 6.61 Å². The molecule has 2 aromatic heterocycles. The van der Waals surface area contributed by atoms with E-state index in [4.69, 9.17) is 9.47 Å². The summed E-state index contributed by atoms with van der Waals surface area (Å²) in [7, 11) is 0. The second-order valence-corrected chi connectivity index (χ2v) is 6.60. The van der Waals surface area contributed by atoms with Crippen LogP contribution < -0.4 is 14.8 Å². The first-order valence-corrected chi connectivity index (χ1v) is 9.77. The predicted octanol–water partition coefficient (Wildman–Crippen LogP) is 4.41. The van der Waals surface area contributed by atoms with Crippen molar-refractivity contribution in [3.63, 3.8) is 0 Å². The number of nitrogens with one attached hydrogen (secondary N) is 1. The van der Waals surface area contributed by atoms with Gasteiger partial charge in [-0.1, -0.05) is 0 Å². The number of imidazole rings is 1. The van der Waals surface area contributed by atoms with Crippen LogP contribution >= 0.6 is 0 Å². The van der Waals surface area contributed by atoms with Crippen LogP contribution in [0, 0.1) is 6.92 Å². The second kappa shape index (κ2) is 9.08. The summed E-state index contributed by atoms with van der Waals surface area (Å²) in [4.78, 5) is 25.0. The molecule has 0 atom stereocenters. The summed E-state index contributed by atoms with van der Waals surface area (Å²) >= 11 is 0. The van der Waals surface area contributed by atoms with Crippen molar-refractivity contribution in [3.8, 4) is 23.2 Å². The molecule has 0 aliphatic carbocycles. The molecule has 0 saturated heterocycles. The quantitative estimate of drug-likeness (QED) is 0.481. The van der Waals surface area contributed by atoms with E-state index in [9.17, 15) is 4.79 Å². The Morgan fingerprint density at radius 2 is 1.74 bits per heavy atom.